The fraction of sp³-hybridized carbons (Fsp3) is 0.647. The van der Waals surface area contributed by atoms with Crippen LogP contribution >= 0.6 is 0 Å². The van der Waals surface area contributed by atoms with Gasteiger partial charge < -0.3 is 5.73 Å². The summed E-state index contributed by atoms with van der Waals surface area (Å²) in [6.45, 7) is 2.39. The molecule has 2 heteroatoms. The first-order valence-corrected chi connectivity index (χ1v) is 7.90. The quantitative estimate of drug-likeness (QED) is 0.814. The second-order valence-corrected chi connectivity index (χ2v) is 6.41. The van der Waals surface area contributed by atoms with Crippen molar-refractivity contribution in [3.63, 3.8) is 0 Å². The molecule has 0 spiro atoms. The van der Waals surface area contributed by atoms with Crippen LogP contribution in [0.3, 0.4) is 0 Å². The lowest BCUT2D eigenvalue weighted by Crippen LogP contribution is -2.37. The van der Waals surface area contributed by atoms with E-state index in [1.54, 1.807) is 0 Å². The Kier molecular flexibility index (Phi) is 4.07. The van der Waals surface area contributed by atoms with Gasteiger partial charge in [-0.25, -0.2) is 0 Å². The molecule has 2 fully saturated rings. The maximum atomic E-state index is 5.91. The first-order chi connectivity index (χ1) is 9.31. The molecule has 1 aromatic carbocycles. The number of nitrogens with zero attached hydrogens (tertiary/aromatic N) is 1. The maximum absolute atomic E-state index is 5.91. The molecule has 104 valence electrons. The molecule has 1 aromatic rings. The van der Waals surface area contributed by atoms with Gasteiger partial charge in [-0.3, -0.25) is 4.90 Å². The summed E-state index contributed by atoms with van der Waals surface area (Å²) in [6, 6.07) is 9.24. The van der Waals surface area contributed by atoms with Gasteiger partial charge in [-0.15, -0.1) is 0 Å². The molecule has 19 heavy (non-hydrogen) atoms. The molecule has 2 aliphatic carbocycles. The lowest BCUT2D eigenvalue weighted by atomic mass is 9.93. The van der Waals surface area contributed by atoms with Crippen molar-refractivity contribution in [2.45, 2.75) is 57.5 Å². The van der Waals surface area contributed by atoms with E-state index in [-0.39, 0.29) is 0 Å². The van der Waals surface area contributed by atoms with Gasteiger partial charge in [-0.1, -0.05) is 31.4 Å². The molecule has 2 nitrogen and oxygen atoms in total. The van der Waals surface area contributed by atoms with Gasteiger partial charge in [0.1, 0.15) is 0 Å². The molecule has 2 N–H and O–H groups in total. The first-order valence-electron chi connectivity index (χ1n) is 7.90. The van der Waals surface area contributed by atoms with E-state index in [0.29, 0.717) is 0 Å². The van der Waals surface area contributed by atoms with E-state index in [0.717, 1.165) is 24.2 Å². The van der Waals surface area contributed by atoms with Crippen LogP contribution in [0.1, 0.15) is 50.5 Å². The van der Waals surface area contributed by atoms with Crippen molar-refractivity contribution >= 4 is 5.69 Å². The van der Waals surface area contributed by atoms with Crippen molar-refractivity contribution in [1.82, 2.24) is 4.90 Å². The third-order valence-electron chi connectivity index (χ3n) is 4.62. The van der Waals surface area contributed by atoms with Crippen molar-refractivity contribution in [1.29, 1.82) is 0 Å². The lowest BCUT2D eigenvalue weighted by molar-refractivity contribution is 0.141. The third-order valence-corrected chi connectivity index (χ3v) is 4.62. The van der Waals surface area contributed by atoms with Crippen molar-refractivity contribution in [3.05, 3.63) is 29.8 Å². The Morgan fingerprint density at radius 1 is 1.05 bits per heavy atom. The topological polar surface area (TPSA) is 29.3 Å². The summed E-state index contributed by atoms with van der Waals surface area (Å²) in [7, 11) is 0. The zero-order chi connectivity index (χ0) is 13.1. The molecule has 0 radical (unpaired) electrons. The van der Waals surface area contributed by atoms with Crippen LogP contribution < -0.4 is 5.73 Å². The predicted octanol–water partition coefficient (Wildman–Crippen LogP) is 3.81. The van der Waals surface area contributed by atoms with E-state index in [2.05, 4.69) is 23.1 Å². The normalized spacial score (nSPS) is 20.9. The Morgan fingerprint density at radius 2 is 1.84 bits per heavy atom. The highest BCUT2D eigenvalue weighted by atomic mass is 15.2. The molecule has 3 rings (SSSR count). The fourth-order valence-electron chi connectivity index (χ4n) is 3.35. The molecular weight excluding hydrogens is 232 g/mol. The summed E-state index contributed by atoms with van der Waals surface area (Å²) in [5.74, 6) is 0.975. The van der Waals surface area contributed by atoms with E-state index in [1.165, 1.54) is 57.1 Å². The molecule has 0 aliphatic heterocycles. The highest BCUT2D eigenvalue weighted by Crippen LogP contribution is 2.33. The smallest absolute Gasteiger partial charge is 0.0317 e. The van der Waals surface area contributed by atoms with E-state index in [1.807, 2.05) is 6.07 Å². The van der Waals surface area contributed by atoms with Crippen LogP contribution in [0, 0.1) is 5.92 Å². The Bertz CT molecular complexity index is 405. The molecule has 0 atom stereocenters. The van der Waals surface area contributed by atoms with Gasteiger partial charge in [-0.05, 0) is 49.3 Å². The molecule has 0 unspecified atom stereocenters. The lowest BCUT2D eigenvalue weighted by Gasteiger charge is -2.34. The number of nitrogen functional groups attached to an aromatic ring is 1. The second kappa shape index (κ2) is 5.96. The zero-order valence-electron chi connectivity index (χ0n) is 11.9. The average Bonchev–Trinajstić information content (AvgIpc) is 3.23. The van der Waals surface area contributed by atoms with Gasteiger partial charge in [-0.2, -0.15) is 0 Å². The summed E-state index contributed by atoms with van der Waals surface area (Å²) in [5.41, 5.74) is 8.18. The Hall–Kier alpha value is -1.02. The molecule has 0 amide bonds. The monoisotopic (exact) mass is 258 g/mol. The van der Waals surface area contributed by atoms with Crippen LogP contribution in [-0.2, 0) is 6.54 Å². The Morgan fingerprint density at radius 3 is 2.53 bits per heavy atom. The highest BCUT2D eigenvalue weighted by Gasteiger charge is 2.28. The van der Waals surface area contributed by atoms with Gasteiger partial charge in [0.15, 0.2) is 0 Å². The van der Waals surface area contributed by atoms with E-state index < -0.39 is 0 Å². The number of anilines is 1. The van der Waals surface area contributed by atoms with E-state index in [9.17, 15) is 0 Å². The average molecular weight is 258 g/mol. The van der Waals surface area contributed by atoms with Crippen LogP contribution in [0.15, 0.2) is 24.3 Å². The molecular formula is C17H26N2. The number of rotatable bonds is 5. The number of benzene rings is 1. The predicted molar refractivity (Wildman–Crippen MR) is 80.9 cm³/mol. The first kappa shape index (κ1) is 13.0. The van der Waals surface area contributed by atoms with Crippen molar-refractivity contribution in [2.75, 3.05) is 12.3 Å². The van der Waals surface area contributed by atoms with Crippen LogP contribution in [0.5, 0.6) is 0 Å². The minimum atomic E-state index is 0.816. The molecule has 0 heterocycles. The minimum Gasteiger partial charge on any atom is -0.399 e. The van der Waals surface area contributed by atoms with Crippen LogP contribution in [0.25, 0.3) is 0 Å². The van der Waals surface area contributed by atoms with E-state index in [4.69, 9.17) is 5.73 Å². The van der Waals surface area contributed by atoms with Crippen LogP contribution in [-0.4, -0.2) is 17.5 Å². The molecule has 0 saturated heterocycles. The molecule has 0 bridgehead atoms. The summed E-state index contributed by atoms with van der Waals surface area (Å²) in [5, 5.41) is 0. The van der Waals surface area contributed by atoms with E-state index >= 15 is 0 Å². The number of nitrogens with two attached hydrogens (primary N) is 1. The Balaban J connectivity index is 1.67. The van der Waals surface area contributed by atoms with Gasteiger partial charge in [0.25, 0.3) is 0 Å². The fourth-order valence-corrected chi connectivity index (χ4v) is 3.35. The van der Waals surface area contributed by atoms with Gasteiger partial charge in [0.05, 0.1) is 0 Å². The van der Waals surface area contributed by atoms with Crippen molar-refractivity contribution in [3.8, 4) is 0 Å². The summed E-state index contributed by atoms with van der Waals surface area (Å²) < 4.78 is 0. The van der Waals surface area contributed by atoms with Gasteiger partial charge in [0, 0.05) is 24.8 Å². The van der Waals surface area contributed by atoms with Gasteiger partial charge >= 0.3 is 0 Å². The molecule has 0 aromatic heterocycles. The Labute approximate surface area is 117 Å². The summed E-state index contributed by atoms with van der Waals surface area (Å²) >= 11 is 0. The minimum absolute atomic E-state index is 0.816. The number of hydrogen-bond donors (Lipinski definition) is 1. The van der Waals surface area contributed by atoms with Crippen molar-refractivity contribution < 1.29 is 0 Å². The van der Waals surface area contributed by atoms with Crippen LogP contribution in [0.4, 0.5) is 5.69 Å². The molecule has 2 aliphatic rings. The third kappa shape index (κ3) is 3.73. The van der Waals surface area contributed by atoms with Crippen molar-refractivity contribution in [2.24, 2.45) is 5.92 Å². The van der Waals surface area contributed by atoms with Gasteiger partial charge in [0.2, 0.25) is 0 Å². The number of hydrogen-bond acceptors (Lipinski definition) is 2. The summed E-state index contributed by atoms with van der Waals surface area (Å²) in [4.78, 5) is 2.74. The SMILES string of the molecule is Nc1cccc(CN(CC2CC2)C2CCCCC2)c1. The van der Waals surface area contributed by atoms with Crippen LogP contribution in [0.2, 0.25) is 0 Å². The largest absolute Gasteiger partial charge is 0.399 e. The highest BCUT2D eigenvalue weighted by molar-refractivity contribution is 5.40. The zero-order valence-corrected chi connectivity index (χ0v) is 11.9. The second-order valence-electron chi connectivity index (χ2n) is 6.41. The standard InChI is InChI=1S/C17H26N2/c18-16-6-4-5-15(11-16)13-19(12-14-9-10-14)17-7-2-1-3-8-17/h4-6,11,14,17H,1-3,7-10,12-13,18H2. The summed E-state index contributed by atoms with van der Waals surface area (Å²) in [6.07, 6.45) is 9.96. The maximum Gasteiger partial charge on any atom is 0.0317 e. The molecule has 2 saturated carbocycles.